The minimum absolute atomic E-state index is 0.316. The van der Waals surface area contributed by atoms with E-state index in [0.29, 0.717) is 5.92 Å². The Kier molecular flexibility index (Phi) is 3.77. The molecule has 4 nitrogen and oxygen atoms in total. The number of tetrazole rings is 1. The van der Waals surface area contributed by atoms with Gasteiger partial charge in [-0.1, -0.05) is 27.7 Å². The number of alkyl halides is 2. The lowest BCUT2D eigenvalue weighted by Crippen LogP contribution is -2.00. The van der Waals surface area contributed by atoms with Crippen LogP contribution in [0, 0.1) is 5.92 Å². The van der Waals surface area contributed by atoms with E-state index in [-0.39, 0.29) is 0 Å². The molecule has 1 fully saturated rings. The Morgan fingerprint density at radius 2 is 2.05 bits per heavy atom. The zero-order chi connectivity index (χ0) is 13.5. The van der Waals surface area contributed by atoms with E-state index in [1.165, 1.54) is 0 Å². The van der Waals surface area contributed by atoms with Crippen molar-refractivity contribution in [3.8, 4) is 5.69 Å². The Morgan fingerprint density at radius 3 is 2.68 bits per heavy atom. The minimum Gasteiger partial charge on any atom is -0.188 e. The van der Waals surface area contributed by atoms with Gasteiger partial charge >= 0.3 is 0 Å². The summed E-state index contributed by atoms with van der Waals surface area (Å²) < 4.78 is 2.18. The van der Waals surface area contributed by atoms with E-state index in [0.717, 1.165) is 27.5 Å². The highest BCUT2D eigenvalue weighted by molar-refractivity contribution is 9.10. The van der Waals surface area contributed by atoms with Crippen LogP contribution in [0.4, 0.5) is 0 Å². The molecule has 1 aromatic heterocycles. The average molecular weight is 380 g/mol. The van der Waals surface area contributed by atoms with E-state index in [1.807, 2.05) is 24.3 Å². The van der Waals surface area contributed by atoms with Crippen molar-refractivity contribution in [1.82, 2.24) is 20.2 Å². The summed E-state index contributed by atoms with van der Waals surface area (Å²) in [6.07, 6.45) is 0.836. The molecular weight excluding hydrogens is 371 g/mol. The van der Waals surface area contributed by atoms with Crippen LogP contribution in [-0.2, 0) is 0 Å². The topological polar surface area (TPSA) is 43.6 Å². The van der Waals surface area contributed by atoms with Crippen molar-refractivity contribution in [2.24, 2.45) is 5.92 Å². The fourth-order valence-electron chi connectivity index (χ4n) is 1.64. The van der Waals surface area contributed by atoms with Crippen molar-refractivity contribution in [3.63, 3.8) is 0 Å². The van der Waals surface area contributed by atoms with Gasteiger partial charge in [0.1, 0.15) is 4.33 Å². The molecule has 0 spiro atoms. The first-order chi connectivity index (χ1) is 9.06. The molecule has 0 saturated heterocycles. The van der Waals surface area contributed by atoms with Gasteiger partial charge in [-0.2, -0.15) is 4.68 Å². The molecule has 19 heavy (non-hydrogen) atoms. The van der Waals surface area contributed by atoms with Crippen LogP contribution in [0.5, 0.6) is 0 Å². The lowest BCUT2D eigenvalue weighted by molar-refractivity contribution is 0.755. The van der Waals surface area contributed by atoms with Gasteiger partial charge in [0, 0.05) is 16.1 Å². The smallest absolute Gasteiger partial charge is 0.188 e. The van der Waals surface area contributed by atoms with Crippen LogP contribution in [-0.4, -0.2) is 30.3 Å². The first kappa shape index (κ1) is 13.7. The second kappa shape index (κ2) is 5.24. The third-order valence-electron chi connectivity index (χ3n) is 2.88. The van der Waals surface area contributed by atoms with Crippen molar-refractivity contribution < 1.29 is 0 Å². The standard InChI is InChI=1S/C11H9BrCl2N4S/c12-8-1-3-9(4-2-8)18-10(15-16-17-18)19-6-7-5-11(7,13)14/h1-4,7H,5-6H2. The van der Waals surface area contributed by atoms with Crippen molar-refractivity contribution in [1.29, 1.82) is 0 Å². The Bertz CT molecular complexity index is 587. The lowest BCUT2D eigenvalue weighted by atomic mass is 10.3. The summed E-state index contributed by atoms with van der Waals surface area (Å²) in [5.41, 5.74) is 0.925. The van der Waals surface area contributed by atoms with Gasteiger partial charge in [-0.15, -0.1) is 28.3 Å². The molecule has 1 unspecified atom stereocenters. The number of halogens is 3. The summed E-state index contributed by atoms with van der Waals surface area (Å²) in [5, 5.41) is 12.5. The van der Waals surface area contributed by atoms with Crippen LogP contribution in [0.25, 0.3) is 5.69 Å². The highest BCUT2D eigenvalue weighted by atomic mass is 79.9. The first-order valence-corrected chi connectivity index (χ1v) is 8.15. The van der Waals surface area contributed by atoms with E-state index in [2.05, 4.69) is 31.5 Å². The molecule has 1 aliphatic rings. The molecule has 1 saturated carbocycles. The number of rotatable bonds is 4. The van der Waals surface area contributed by atoms with Gasteiger partial charge in [-0.3, -0.25) is 0 Å². The van der Waals surface area contributed by atoms with Crippen molar-refractivity contribution in [2.75, 3.05) is 5.75 Å². The maximum atomic E-state index is 6.01. The molecule has 0 aliphatic heterocycles. The Hall–Kier alpha value is -0.300. The van der Waals surface area contributed by atoms with Crippen molar-refractivity contribution in [3.05, 3.63) is 28.7 Å². The van der Waals surface area contributed by atoms with Gasteiger partial charge in [0.05, 0.1) is 5.69 Å². The molecule has 0 N–H and O–H groups in total. The number of hydrogen-bond donors (Lipinski definition) is 0. The van der Waals surface area contributed by atoms with E-state index in [1.54, 1.807) is 16.4 Å². The van der Waals surface area contributed by atoms with Gasteiger partial charge in [-0.05, 0) is 41.1 Å². The number of benzene rings is 1. The van der Waals surface area contributed by atoms with Gasteiger partial charge in [0.25, 0.3) is 0 Å². The second-order valence-electron chi connectivity index (χ2n) is 4.32. The number of aromatic nitrogens is 4. The molecule has 100 valence electrons. The highest BCUT2D eigenvalue weighted by Crippen LogP contribution is 2.54. The monoisotopic (exact) mass is 378 g/mol. The van der Waals surface area contributed by atoms with Gasteiger partial charge < -0.3 is 0 Å². The van der Waals surface area contributed by atoms with Gasteiger partial charge in [-0.25, -0.2) is 0 Å². The minimum atomic E-state index is -0.553. The Morgan fingerprint density at radius 1 is 1.37 bits per heavy atom. The molecule has 0 radical (unpaired) electrons. The summed E-state index contributed by atoms with van der Waals surface area (Å²) in [6, 6.07) is 7.81. The normalized spacial score (nSPS) is 20.5. The summed E-state index contributed by atoms with van der Waals surface area (Å²) in [4.78, 5) is 0. The fourth-order valence-corrected chi connectivity index (χ4v) is 3.72. The molecule has 1 heterocycles. The Balaban J connectivity index is 1.73. The zero-order valence-electron chi connectivity index (χ0n) is 9.63. The molecule has 0 amide bonds. The summed E-state index contributed by atoms with van der Waals surface area (Å²) in [7, 11) is 0. The molecule has 8 heteroatoms. The number of nitrogens with zero attached hydrogens (tertiary/aromatic N) is 4. The number of hydrogen-bond acceptors (Lipinski definition) is 4. The van der Waals surface area contributed by atoms with Crippen LogP contribution in [0.15, 0.2) is 33.9 Å². The third-order valence-corrected chi connectivity index (χ3v) is 5.42. The van der Waals surface area contributed by atoms with Gasteiger partial charge in [0.15, 0.2) is 0 Å². The predicted molar refractivity (Wildman–Crippen MR) is 80.1 cm³/mol. The maximum absolute atomic E-state index is 6.01. The molecular formula is C11H9BrCl2N4S. The Labute approximate surface area is 133 Å². The third kappa shape index (κ3) is 3.07. The van der Waals surface area contributed by atoms with E-state index in [9.17, 15) is 0 Å². The van der Waals surface area contributed by atoms with Crippen LogP contribution in [0.3, 0.4) is 0 Å². The molecule has 1 aromatic carbocycles. The van der Waals surface area contributed by atoms with Crippen LogP contribution >= 0.6 is 50.9 Å². The summed E-state index contributed by atoms with van der Waals surface area (Å²) in [6.45, 7) is 0. The molecule has 1 atom stereocenters. The zero-order valence-corrected chi connectivity index (χ0v) is 13.5. The quantitative estimate of drug-likeness (QED) is 0.599. The second-order valence-corrected chi connectivity index (χ2v) is 7.77. The fraction of sp³-hybridized carbons (Fsp3) is 0.364. The van der Waals surface area contributed by atoms with Crippen molar-refractivity contribution >= 4 is 50.9 Å². The van der Waals surface area contributed by atoms with Crippen LogP contribution in [0.2, 0.25) is 0 Å². The summed E-state index contributed by atoms with van der Waals surface area (Å²) >= 11 is 17.0. The predicted octanol–water partition coefficient (Wildman–Crippen LogP) is 3.71. The van der Waals surface area contributed by atoms with Crippen LogP contribution in [0.1, 0.15) is 6.42 Å². The first-order valence-electron chi connectivity index (χ1n) is 5.61. The largest absolute Gasteiger partial charge is 0.214 e. The molecule has 2 aromatic rings. The van der Waals surface area contributed by atoms with Gasteiger partial charge in [0.2, 0.25) is 5.16 Å². The SMILES string of the molecule is ClC1(Cl)CC1CSc1nnnn1-c1ccc(Br)cc1. The van der Waals surface area contributed by atoms with Crippen LogP contribution < -0.4 is 0 Å². The van der Waals surface area contributed by atoms with E-state index < -0.39 is 4.33 Å². The van der Waals surface area contributed by atoms with Crippen molar-refractivity contribution in [2.45, 2.75) is 15.9 Å². The average Bonchev–Trinajstić information content (AvgIpc) is 2.79. The number of thioether (sulfide) groups is 1. The molecule has 0 bridgehead atoms. The highest BCUT2D eigenvalue weighted by Gasteiger charge is 2.51. The summed E-state index contributed by atoms with van der Waals surface area (Å²) in [5.74, 6) is 1.14. The van der Waals surface area contributed by atoms with E-state index in [4.69, 9.17) is 23.2 Å². The van der Waals surface area contributed by atoms with E-state index >= 15 is 0 Å². The lowest BCUT2D eigenvalue weighted by Gasteiger charge is -2.04. The molecule has 1 aliphatic carbocycles. The molecule has 3 rings (SSSR count). The maximum Gasteiger partial charge on any atom is 0.214 e.